The lowest BCUT2D eigenvalue weighted by molar-refractivity contribution is -0.117. The molecular formula is C28H28FN3O3. The Labute approximate surface area is 203 Å². The van der Waals surface area contributed by atoms with Crippen molar-refractivity contribution < 1.29 is 19.0 Å². The van der Waals surface area contributed by atoms with Crippen molar-refractivity contribution in [2.24, 2.45) is 0 Å². The molecule has 35 heavy (non-hydrogen) atoms. The van der Waals surface area contributed by atoms with Gasteiger partial charge in [-0.1, -0.05) is 24.3 Å². The SMILES string of the molecule is Cc1cc(C)cc(OC[C@H](O)Cn2c([C@H]3CC(=O)N(c4cccc(F)c4)C3)nc3ccccc32)c1. The topological polar surface area (TPSA) is 67.6 Å². The summed E-state index contributed by atoms with van der Waals surface area (Å²) in [6.07, 6.45) is -0.502. The molecule has 1 aliphatic heterocycles. The highest BCUT2D eigenvalue weighted by Gasteiger charge is 2.35. The number of rotatable bonds is 7. The number of carbonyl (C=O) groups is 1. The second-order valence-corrected chi connectivity index (χ2v) is 9.24. The monoisotopic (exact) mass is 473 g/mol. The van der Waals surface area contributed by atoms with E-state index in [0.717, 1.165) is 33.7 Å². The maximum Gasteiger partial charge on any atom is 0.227 e. The number of aryl methyl sites for hydroxylation is 2. The molecule has 2 atom stereocenters. The Morgan fingerprint density at radius 1 is 1.09 bits per heavy atom. The van der Waals surface area contributed by atoms with Gasteiger partial charge in [0.1, 0.15) is 30.1 Å². The maximum absolute atomic E-state index is 13.8. The quantitative estimate of drug-likeness (QED) is 0.421. The van der Waals surface area contributed by atoms with Crippen LogP contribution in [0, 0.1) is 19.7 Å². The van der Waals surface area contributed by atoms with Crippen LogP contribution in [0.5, 0.6) is 5.75 Å². The van der Waals surface area contributed by atoms with E-state index in [0.29, 0.717) is 12.2 Å². The first-order valence-electron chi connectivity index (χ1n) is 11.8. The van der Waals surface area contributed by atoms with Crippen LogP contribution in [-0.2, 0) is 11.3 Å². The summed E-state index contributed by atoms with van der Waals surface area (Å²) < 4.78 is 21.6. The molecule has 1 amide bonds. The van der Waals surface area contributed by atoms with Crippen LogP contribution < -0.4 is 9.64 Å². The largest absolute Gasteiger partial charge is 0.491 e. The number of amides is 1. The van der Waals surface area contributed by atoms with Crippen molar-refractivity contribution in [2.75, 3.05) is 18.1 Å². The lowest BCUT2D eigenvalue weighted by atomic mass is 10.1. The van der Waals surface area contributed by atoms with Gasteiger partial charge in [-0.05, 0) is 67.4 Å². The summed E-state index contributed by atoms with van der Waals surface area (Å²) >= 11 is 0. The number of nitrogens with zero attached hydrogens (tertiary/aromatic N) is 3. The van der Waals surface area contributed by atoms with Gasteiger partial charge < -0.3 is 19.3 Å². The molecule has 1 aromatic heterocycles. The Morgan fingerprint density at radius 2 is 1.86 bits per heavy atom. The molecule has 5 rings (SSSR count). The molecular weight excluding hydrogens is 445 g/mol. The normalized spacial score (nSPS) is 16.7. The minimum atomic E-state index is -0.774. The van der Waals surface area contributed by atoms with E-state index in [1.807, 2.05) is 54.8 Å². The fourth-order valence-corrected chi connectivity index (χ4v) is 4.84. The fraction of sp³-hybridized carbons (Fsp3) is 0.286. The van der Waals surface area contributed by atoms with Crippen LogP contribution in [-0.4, -0.2) is 39.8 Å². The predicted molar refractivity (Wildman–Crippen MR) is 133 cm³/mol. The summed E-state index contributed by atoms with van der Waals surface area (Å²) in [5.74, 6) is 0.842. The van der Waals surface area contributed by atoms with Gasteiger partial charge in [0, 0.05) is 24.6 Å². The number of anilines is 1. The molecule has 4 aromatic rings. The lowest BCUT2D eigenvalue weighted by Gasteiger charge is -2.19. The van der Waals surface area contributed by atoms with Gasteiger partial charge in [0.25, 0.3) is 0 Å². The molecule has 1 saturated heterocycles. The number of fused-ring (bicyclic) bond motifs is 1. The summed E-state index contributed by atoms with van der Waals surface area (Å²) in [5, 5.41) is 10.9. The van der Waals surface area contributed by atoms with Crippen molar-refractivity contribution >= 4 is 22.6 Å². The summed E-state index contributed by atoms with van der Waals surface area (Å²) in [4.78, 5) is 19.3. The number of imidazole rings is 1. The van der Waals surface area contributed by atoms with Crippen LogP contribution in [0.3, 0.4) is 0 Å². The Balaban J connectivity index is 1.38. The number of aliphatic hydroxyl groups excluding tert-OH is 1. The molecule has 7 heteroatoms. The van der Waals surface area contributed by atoms with Crippen molar-refractivity contribution in [2.45, 2.75) is 38.8 Å². The highest BCUT2D eigenvalue weighted by molar-refractivity contribution is 5.96. The van der Waals surface area contributed by atoms with Crippen LogP contribution in [0.15, 0.2) is 66.7 Å². The predicted octanol–water partition coefficient (Wildman–Crippen LogP) is 4.75. The molecule has 0 aliphatic carbocycles. The van der Waals surface area contributed by atoms with Crippen molar-refractivity contribution in [1.29, 1.82) is 0 Å². The molecule has 0 bridgehead atoms. The molecule has 180 valence electrons. The number of aliphatic hydroxyl groups is 1. The van der Waals surface area contributed by atoms with E-state index in [4.69, 9.17) is 9.72 Å². The number of halogens is 1. The number of aromatic nitrogens is 2. The number of para-hydroxylation sites is 2. The van der Waals surface area contributed by atoms with E-state index in [1.54, 1.807) is 17.0 Å². The Morgan fingerprint density at radius 3 is 2.63 bits per heavy atom. The third kappa shape index (κ3) is 4.91. The van der Waals surface area contributed by atoms with Gasteiger partial charge in [0.05, 0.1) is 17.6 Å². The third-order valence-electron chi connectivity index (χ3n) is 6.33. The Kier molecular flexibility index (Phi) is 6.26. The highest BCUT2D eigenvalue weighted by atomic mass is 19.1. The summed E-state index contributed by atoms with van der Waals surface area (Å²) in [5.41, 5.74) is 4.45. The minimum absolute atomic E-state index is 0.0714. The van der Waals surface area contributed by atoms with E-state index in [9.17, 15) is 14.3 Å². The summed E-state index contributed by atoms with van der Waals surface area (Å²) in [6, 6.07) is 19.8. The smallest absolute Gasteiger partial charge is 0.227 e. The van der Waals surface area contributed by atoms with Crippen LogP contribution in [0.2, 0.25) is 0 Å². The second kappa shape index (κ2) is 9.50. The van der Waals surface area contributed by atoms with Gasteiger partial charge in [-0.15, -0.1) is 0 Å². The summed E-state index contributed by atoms with van der Waals surface area (Å²) in [7, 11) is 0. The standard InChI is InChI=1S/C28H28FN3O3/c1-18-10-19(2)12-24(11-18)35-17-23(33)16-32-26-9-4-3-8-25(26)30-28(32)20-13-27(34)31(15-20)22-7-5-6-21(29)14-22/h3-12,14,20,23,33H,13,15-17H2,1-2H3/t20-,23+/m0/s1. The van der Waals surface area contributed by atoms with Gasteiger partial charge in [-0.3, -0.25) is 4.79 Å². The van der Waals surface area contributed by atoms with Crippen molar-refractivity contribution in [3.05, 3.63) is 89.5 Å². The van der Waals surface area contributed by atoms with E-state index < -0.39 is 6.10 Å². The van der Waals surface area contributed by atoms with Crippen molar-refractivity contribution in [3.8, 4) is 5.75 Å². The number of hydrogen-bond acceptors (Lipinski definition) is 4. The number of ether oxygens (including phenoxy) is 1. The van der Waals surface area contributed by atoms with Gasteiger partial charge in [-0.25, -0.2) is 9.37 Å². The maximum atomic E-state index is 13.8. The van der Waals surface area contributed by atoms with Gasteiger partial charge >= 0.3 is 0 Å². The lowest BCUT2D eigenvalue weighted by Crippen LogP contribution is -2.26. The van der Waals surface area contributed by atoms with Crippen LogP contribution in [0.1, 0.15) is 29.3 Å². The van der Waals surface area contributed by atoms with E-state index in [-0.39, 0.29) is 37.2 Å². The van der Waals surface area contributed by atoms with Crippen molar-refractivity contribution in [3.63, 3.8) is 0 Å². The molecule has 0 spiro atoms. The average molecular weight is 474 g/mol. The first-order chi connectivity index (χ1) is 16.9. The molecule has 2 heterocycles. The molecule has 0 radical (unpaired) electrons. The molecule has 6 nitrogen and oxygen atoms in total. The Hall–Kier alpha value is -3.71. The van der Waals surface area contributed by atoms with Gasteiger partial charge in [-0.2, -0.15) is 0 Å². The van der Waals surface area contributed by atoms with E-state index in [2.05, 4.69) is 6.07 Å². The third-order valence-corrected chi connectivity index (χ3v) is 6.33. The highest BCUT2D eigenvalue weighted by Crippen LogP contribution is 2.33. The van der Waals surface area contributed by atoms with Gasteiger partial charge in [0.2, 0.25) is 5.91 Å². The molecule has 0 saturated carbocycles. The fourth-order valence-electron chi connectivity index (χ4n) is 4.84. The van der Waals surface area contributed by atoms with Gasteiger partial charge in [0.15, 0.2) is 0 Å². The number of benzene rings is 3. The Bertz CT molecular complexity index is 1360. The molecule has 1 fully saturated rings. The first-order valence-corrected chi connectivity index (χ1v) is 11.8. The summed E-state index contributed by atoms with van der Waals surface area (Å²) in [6.45, 7) is 4.84. The number of hydrogen-bond donors (Lipinski definition) is 1. The zero-order chi connectivity index (χ0) is 24.5. The zero-order valence-corrected chi connectivity index (χ0v) is 19.8. The van der Waals surface area contributed by atoms with Crippen LogP contribution in [0.4, 0.5) is 10.1 Å². The van der Waals surface area contributed by atoms with E-state index >= 15 is 0 Å². The number of carbonyl (C=O) groups excluding carboxylic acids is 1. The van der Waals surface area contributed by atoms with Crippen LogP contribution in [0.25, 0.3) is 11.0 Å². The average Bonchev–Trinajstić information content (AvgIpc) is 3.38. The van der Waals surface area contributed by atoms with Crippen molar-refractivity contribution in [1.82, 2.24) is 9.55 Å². The molecule has 0 unspecified atom stereocenters. The second-order valence-electron chi connectivity index (χ2n) is 9.24. The molecule has 3 aromatic carbocycles. The first kappa shape index (κ1) is 23.1. The molecule has 1 aliphatic rings. The molecule has 1 N–H and O–H groups in total. The van der Waals surface area contributed by atoms with Crippen LogP contribution >= 0.6 is 0 Å². The zero-order valence-electron chi connectivity index (χ0n) is 19.8. The van der Waals surface area contributed by atoms with E-state index in [1.165, 1.54) is 12.1 Å². The minimum Gasteiger partial charge on any atom is -0.491 e.